The van der Waals surface area contributed by atoms with Crippen molar-refractivity contribution in [3.8, 4) is 0 Å². The van der Waals surface area contributed by atoms with Crippen molar-refractivity contribution in [3.63, 3.8) is 0 Å². The van der Waals surface area contributed by atoms with E-state index in [9.17, 15) is 4.79 Å². The average Bonchev–Trinajstić information content (AvgIpc) is 2.95. The SMILES string of the molecule is CC1CCNC(=O)c2[nH]c3ccc(Cl)cc3c21.CNc1ccncc1. The molecule has 0 saturated carbocycles. The van der Waals surface area contributed by atoms with Gasteiger partial charge in [-0.1, -0.05) is 18.5 Å². The van der Waals surface area contributed by atoms with Crippen LogP contribution in [0.4, 0.5) is 5.69 Å². The number of fused-ring (bicyclic) bond motifs is 3. The second kappa shape index (κ2) is 7.57. The summed E-state index contributed by atoms with van der Waals surface area (Å²) in [5.41, 5.74) is 3.85. The molecule has 0 bridgehead atoms. The van der Waals surface area contributed by atoms with Crippen LogP contribution in [0.25, 0.3) is 10.9 Å². The number of hydrogen-bond acceptors (Lipinski definition) is 3. The number of pyridine rings is 1. The number of halogens is 1. The van der Waals surface area contributed by atoms with E-state index in [4.69, 9.17) is 11.6 Å². The highest BCUT2D eigenvalue weighted by atomic mass is 35.5. The molecule has 1 aliphatic heterocycles. The monoisotopic (exact) mass is 356 g/mol. The first-order valence-corrected chi connectivity index (χ1v) is 8.65. The highest BCUT2D eigenvalue weighted by molar-refractivity contribution is 6.31. The molecule has 0 fully saturated rings. The van der Waals surface area contributed by atoms with Crippen LogP contribution in [0.3, 0.4) is 0 Å². The van der Waals surface area contributed by atoms with Crippen molar-refractivity contribution in [1.29, 1.82) is 0 Å². The number of carbonyl (C=O) groups excluding carboxylic acids is 1. The molecular weight excluding hydrogens is 336 g/mol. The van der Waals surface area contributed by atoms with E-state index in [-0.39, 0.29) is 5.91 Å². The van der Waals surface area contributed by atoms with Gasteiger partial charge >= 0.3 is 0 Å². The van der Waals surface area contributed by atoms with Crippen LogP contribution >= 0.6 is 11.6 Å². The highest BCUT2D eigenvalue weighted by Crippen LogP contribution is 2.33. The molecule has 6 heteroatoms. The maximum absolute atomic E-state index is 11.9. The van der Waals surface area contributed by atoms with Gasteiger partial charge in [-0.25, -0.2) is 0 Å². The standard InChI is InChI=1S/C13H13ClN2O.C6H8N2/c1-7-4-5-15-13(17)12-11(7)9-6-8(14)2-3-10(9)16-12;1-7-6-2-4-8-5-3-6/h2-3,6-7,16H,4-5H2,1H3,(H,15,17);2-5H,1H3,(H,7,8). The Labute approximate surface area is 151 Å². The lowest BCUT2D eigenvalue weighted by atomic mass is 9.95. The van der Waals surface area contributed by atoms with Gasteiger partial charge in [0.1, 0.15) is 5.69 Å². The summed E-state index contributed by atoms with van der Waals surface area (Å²) >= 11 is 6.03. The molecule has 5 nitrogen and oxygen atoms in total. The second-order valence-corrected chi connectivity index (χ2v) is 6.47. The number of hydrogen-bond donors (Lipinski definition) is 3. The zero-order valence-corrected chi connectivity index (χ0v) is 15.0. The van der Waals surface area contributed by atoms with Gasteiger partial charge in [0.2, 0.25) is 0 Å². The predicted molar refractivity (Wildman–Crippen MR) is 102 cm³/mol. The number of H-pyrrole nitrogens is 1. The van der Waals surface area contributed by atoms with Crippen molar-refractivity contribution < 1.29 is 4.79 Å². The first-order valence-electron chi connectivity index (χ1n) is 8.27. The van der Waals surface area contributed by atoms with Crippen LogP contribution in [0, 0.1) is 0 Å². The third-order valence-corrected chi connectivity index (χ3v) is 4.59. The number of anilines is 1. The van der Waals surface area contributed by atoms with Crippen molar-refractivity contribution in [2.75, 3.05) is 18.9 Å². The molecule has 1 atom stereocenters. The Kier molecular flexibility index (Phi) is 5.24. The molecule has 2 aromatic heterocycles. The molecule has 4 rings (SSSR count). The molecule has 1 aromatic carbocycles. The fourth-order valence-corrected chi connectivity index (χ4v) is 3.20. The minimum atomic E-state index is -0.0170. The number of amides is 1. The fraction of sp³-hybridized carbons (Fsp3) is 0.263. The first kappa shape index (κ1) is 17.3. The molecule has 0 aliphatic carbocycles. The van der Waals surface area contributed by atoms with Crippen LogP contribution < -0.4 is 10.6 Å². The summed E-state index contributed by atoms with van der Waals surface area (Å²) in [6.45, 7) is 2.87. The van der Waals surface area contributed by atoms with Crippen molar-refractivity contribution in [2.45, 2.75) is 19.3 Å². The summed E-state index contributed by atoms with van der Waals surface area (Å²) < 4.78 is 0. The van der Waals surface area contributed by atoms with Gasteiger partial charge in [0.25, 0.3) is 5.91 Å². The number of aromatic nitrogens is 2. The second-order valence-electron chi connectivity index (χ2n) is 6.04. The van der Waals surface area contributed by atoms with E-state index in [1.807, 2.05) is 37.4 Å². The average molecular weight is 357 g/mol. The van der Waals surface area contributed by atoms with Crippen LogP contribution in [0.15, 0.2) is 42.7 Å². The summed E-state index contributed by atoms with van der Waals surface area (Å²) in [4.78, 5) is 19.0. The van der Waals surface area contributed by atoms with Crippen molar-refractivity contribution in [2.24, 2.45) is 0 Å². The summed E-state index contributed by atoms with van der Waals surface area (Å²) in [6, 6.07) is 9.52. The van der Waals surface area contributed by atoms with Crippen molar-refractivity contribution >= 4 is 34.1 Å². The molecule has 3 aromatic rings. The predicted octanol–water partition coefficient (Wildman–Crippen LogP) is 4.18. The smallest absolute Gasteiger partial charge is 0.268 e. The zero-order chi connectivity index (χ0) is 17.8. The fourth-order valence-electron chi connectivity index (χ4n) is 3.03. The van der Waals surface area contributed by atoms with Crippen LogP contribution in [-0.2, 0) is 0 Å². The van der Waals surface area contributed by atoms with Gasteiger partial charge in [-0.2, -0.15) is 0 Å². The lowest BCUT2D eigenvalue weighted by Gasteiger charge is -2.07. The number of nitrogens with one attached hydrogen (secondary N) is 3. The number of rotatable bonds is 1. The van der Waals surface area contributed by atoms with Gasteiger partial charge < -0.3 is 15.6 Å². The zero-order valence-electron chi connectivity index (χ0n) is 14.3. The molecule has 0 spiro atoms. The van der Waals surface area contributed by atoms with E-state index in [0.717, 1.165) is 35.1 Å². The van der Waals surface area contributed by atoms with Crippen LogP contribution in [0.5, 0.6) is 0 Å². The van der Waals surface area contributed by atoms with E-state index in [1.165, 1.54) is 0 Å². The normalized spacial score (nSPS) is 16.3. The van der Waals surface area contributed by atoms with Gasteiger partial charge in [0.15, 0.2) is 0 Å². The highest BCUT2D eigenvalue weighted by Gasteiger charge is 2.24. The van der Waals surface area contributed by atoms with E-state index in [2.05, 4.69) is 27.5 Å². The number of aromatic amines is 1. The molecule has 130 valence electrons. The number of carbonyl (C=O) groups is 1. The van der Waals surface area contributed by atoms with E-state index < -0.39 is 0 Å². The summed E-state index contributed by atoms with van der Waals surface area (Å²) in [5.74, 6) is 0.341. The first-order chi connectivity index (χ1) is 12.1. The largest absolute Gasteiger partial charge is 0.388 e. The Hall–Kier alpha value is -2.53. The lowest BCUT2D eigenvalue weighted by Crippen LogP contribution is -2.22. The Balaban J connectivity index is 0.000000192. The molecule has 0 radical (unpaired) electrons. The maximum atomic E-state index is 11.9. The topological polar surface area (TPSA) is 69.8 Å². The summed E-state index contributed by atoms with van der Waals surface area (Å²) in [7, 11) is 1.88. The van der Waals surface area contributed by atoms with Gasteiger partial charge in [-0.15, -0.1) is 0 Å². The molecule has 3 N–H and O–H groups in total. The van der Waals surface area contributed by atoms with Gasteiger partial charge in [-0.05, 0) is 48.2 Å². The lowest BCUT2D eigenvalue weighted by molar-refractivity contribution is 0.0952. The Morgan fingerprint density at radius 3 is 2.68 bits per heavy atom. The number of benzene rings is 1. The van der Waals surface area contributed by atoms with Crippen LogP contribution in [0.1, 0.15) is 35.3 Å². The summed E-state index contributed by atoms with van der Waals surface area (Å²) in [6.07, 6.45) is 4.47. The third kappa shape index (κ3) is 3.77. The van der Waals surface area contributed by atoms with Gasteiger partial charge in [-0.3, -0.25) is 9.78 Å². The Morgan fingerprint density at radius 1 is 1.24 bits per heavy atom. The quantitative estimate of drug-likeness (QED) is 0.612. The molecule has 25 heavy (non-hydrogen) atoms. The van der Waals surface area contributed by atoms with Crippen molar-refractivity contribution in [3.05, 3.63) is 59.0 Å². The van der Waals surface area contributed by atoms with Crippen LogP contribution in [0.2, 0.25) is 5.02 Å². The molecule has 3 heterocycles. The molecule has 1 aliphatic rings. The van der Waals surface area contributed by atoms with Crippen molar-refractivity contribution in [1.82, 2.24) is 15.3 Å². The van der Waals surface area contributed by atoms with Gasteiger partial charge in [0, 0.05) is 47.6 Å². The molecule has 1 amide bonds. The molecule has 0 saturated heterocycles. The van der Waals surface area contributed by atoms with E-state index >= 15 is 0 Å². The third-order valence-electron chi connectivity index (χ3n) is 4.35. The van der Waals surface area contributed by atoms with Gasteiger partial charge in [0.05, 0.1) is 0 Å². The number of nitrogens with zero attached hydrogens (tertiary/aromatic N) is 1. The minimum absolute atomic E-state index is 0.0170. The van der Waals surface area contributed by atoms with E-state index in [1.54, 1.807) is 12.4 Å². The van der Waals surface area contributed by atoms with E-state index in [0.29, 0.717) is 16.6 Å². The molecule has 1 unspecified atom stereocenters. The van der Waals surface area contributed by atoms with Crippen LogP contribution in [-0.4, -0.2) is 29.5 Å². The maximum Gasteiger partial charge on any atom is 0.268 e. The summed E-state index contributed by atoms with van der Waals surface area (Å²) in [5, 5.41) is 7.66. The molecular formula is C19H21ClN4O. The Morgan fingerprint density at radius 2 is 2.00 bits per heavy atom. The minimum Gasteiger partial charge on any atom is -0.388 e. The Bertz CT molecular complexity index is 876.